The highest BCUT2D eigenvalue weighted by Crippen LogP contribution is 2.18. The monoisotopic (exact) mass is 339 g/mol. The van der Waals surface area contributed by atoms with Gasteiger partial charge in [-0.1, -0.05) is 48.5 Å². The molecular formula is C18H17N3O4. The van der Waals surface area contributed by atoms with Gasteiger partial charge in [-0.3, -0.25) is 4.79 Å². The molecule has 1 atom stereocenters. The number of nitrogens with zero attached hydrogens (tertiary/aromatic N) is 1. The predicted octanol–water partition coefficient (Wildman–Crippen LogP) is 2.53. The fourth-order valence-corrected chi connectivity index (χ4v) is 2.51. The van der Waals surface area contributed by atoms with Gasteiger partial charge in [-0.05, 0) is 17.7 Å². The zero-order chi connectivity index (χ0) is 17.6. The maximum absolute atomic E-state index is 12.3. The van der Waals surface area contributed by atoms with Crippen LogP contribution in [0.15, 0.2) is 60.7 Å². The molecule has 7 nitrogen and oxygen atoms in total. The van der Waals surface area contributed by atoms with Crippen molar-refractivity contribution in [3.05, 3.63) is 66.2 Å². The number of rotatable bonds is 5. The van der Waals surface area contributed by atoms with Gasteiger partial charge < -0.3 is 15.4 Å². The largest absolute Gasteiger partial charge is 0.439 e. The van der Waals surface area contributed by atoms with Gasteiger partial charge in [-0.25, -0.2) is 14.5 Å². The van der Waals surface area contributed by atoms with Gasteiger partial charge >= 0.3 is 12.1 Å². The van der Waals surface area contributed by atoms with Crippen molar-refractivity contribution in [2.24, 2.45) is 0 Å². The van der Waals surface area contributed by atoms with Crippen LogP contribution < -0.4 is 10.6 Å². The van der Waals surface area contributed by atoms with Crippen molar-refractivity contribution in [3.8, 4) is 0 Å². The molecule has 4 amide bonds. The zero-order valence-electron chi connectivity index (χ0n) is 13.3. The first-order chi connectivity index (χ1) is 12.1. The lowest BCUT2D eigenvalue weighted by Crippen LogP contribution is -2.41. The lowest BCUT2D eigenvalue weighted by Gasteiger charge is -2.23. The highest BCUT2D eigenvalue weighted by atomic mass is 16.6. The van der Waals surface area contributed by atoms with Crippen LogP contribution in [0.4, 0.5) is 15.3 Å². The Labute approximate surface area is 144 Å². The molecule has 0 aliphatic carbocycles. The van der Waals surface area contributed by atoms with E-state index in [1.807, 2.05) is 48.5 Å². The quantitative estimate of drug-likeness (QED) is 0.876. The minimum absolute atomic E-state index is 0.00386. The van der Waals surface area contributed by atoms with Crippen molar-refractivity contribution in [1.29, 1.82) is 0 Å². The molecular weight excluding hydrogens is 322 g/mol. The average Bonchev–Trinajstić information content (AvgIpc) is 2.94. The van der Waals surface area contributed by atoms with E-state index < -0.39 is 24.1 Å². The second-order valence-corrected chi connectivity index (χ2v) is 5.49. The molecule has 1 heterocycles. The fraction of sp³-hybridized carbons (Fsp3) is 0.167. The lowest BCUT2D eigenvalue weighted by molar-refractivity contribution is -0.126. The van der Waals surface area contributed by atoms with Crippen molar-refractivity contribution in [2.75, 3.05) is 18.5 Å². The normalized spacial score (nSPS) is 14.8. The third-order valence-corrected chi connectivity index (χ3v) is 3.74. The van der Waals surface area contributed by atoms with E-state index in [-0.39, 0.29) is 13.2 Å². The van der Waals surface area contributed by atoms with Crippen LogP contribution in [-0.4, -0.2) is 36.1 Å². The molecule has 0 saturated carbocycles. The molecule has 0 aromatic heterocycles. The summed E-state index contributed by atoms with van der Waals surface area (Å²) < 4.78 is 4.72. The number of carbonyl (C=O) groups excluding carboxylic acids is 3. The number of cyclic esters (lactones) is 1. The fourth-order valence-electron chi connectivity index (χ4n) is 2.51. The van der Waals surface area contributed by atoms with E-state index in [0.29, 0.717) is 5.69 Å². The third-order valence-electron chi connectivity index (χ3n) is 3.74. The molecule has 2 N–H and O–H groups in total. The molecule has 128 valence electrons. The van der Waals surface area contributed by atoms with E-state index >= 15 is 0 Å². The van der Waals surface area contributed by atoms with Crippen molar-refractivity contribution in [3.63, 3.8) is 0 Å². The molecule has 1 aliphatic rings. The SMILES string of the molecule is O=C(Nc1ccccc1)NC(CN1C(=O)COC1=O)c1ccccc1. The summed E-state index contributed by atoms with van der Waals surface area (Å²) in [4.78, 5) is 36.8. The van der Waals surface area contributed by atoms with E-state index in [0.717, 1.165) is 10.5 Å². The van der Waals surface area contributed by atoms with Crippen molar-refractivity contribution >= 4 is 23.7 Å². The standard InChI is InChI=1S/C18H17N3O4/c22-16-12-25-18(24)21(16)11-15(13-7-3-1-4-8-13)20-17(23)19-14-9-5-2-6-10-14/h1-10,15H,11-12H2,(H2,19,20,23). The van der Waals surface area contributed by atoms with Gasteiger partial charge in [0.15, 0.2) is 6.61 Å². The first-order valence-corrected chi connectivity index (χ1v) is 7.78. The van der Waals surface area contributed by atoms with Gasteiger partial charge in [0.1, 0.15) is 0 Å². The van der Waals surface area contributed by atoms with Gasteiger partial charge in [0.2, 0.25) is 0 Å². The van der Waals surface area contributed by atoms with Crippen molar-refractivity contribution < 1.29 is 19.1 Å². The Hall–Kier alpha value is -3.35. The summed E-state index contributed by atoms with van der Waals surface area (Å²) in [5.74, 6) is -0.420. The highest BCUT2D eigenvalue weighted by Gasteiger charge is 2.33. The summed E-state index contributed by atoms with van der Waals surface area (Å²) in [6, 6.07) is 17.1. The number of para-hydroxylation sites is 1. The maximum atomic E-state index is 12.3. The van der Waals surface area contributed by atoms with E-state index in [1.165, 1.54) is 0 Å². The number of anilines is 1. The van der Waals surface area contributed by atoms with Gasteiger partial charge in [-0.2, -0.15) is 0 Å². The minimum Gasteiger partial charge on any atom is -0.439 e. The minimum atomic E-state index is -0.698. The Morgan fingerprint density at radius 1 is 1.04 bits per heavy atom. The second-order valence-electron chi connectivity index (χ2n) is 5.49. The Bertz CT molecular complexity index is 748. The number of imide groups is 1. The summed E-state index contributed by atoms with van der Waals surface area (Å²) >= 11 is 0. The number of amides is 4. The molecule has 2 aromatic carbocycles. The number of hydrogen-bond donors (Lipinski definition) is 2. The first-order valence-electron chi connectivity index (χ1n) is 7.78. The number of ether oxygens (including phenoxy) is 1. The summed E-state index contributed by atoms with van der Waals surface area (Å²) in [6.45, 7) is -0.263. The maximum Gasteiger partial charge on any atom is 0.417 e. The molecule has 1 unspecified atom stereocenters. The average molecular weight is 339 g/mol. The smallest absolute Gasteiger partial charge is 0.417 e. The Balaban J connectivity index is 1.73. The predicted molar refractivity (Wildman–Crippen MR) is 90.8 cm³/mol. The van der Waals surface area contributed by atoms with Crippen LogP contribution in [0.2, 0.25) is 0 Å². The number of urea groups is 1. The molecule has 0 spiro atoms. The third kappa shape index (κ3) is 4.14. The summed E-state index contributed by atoms with van der Waals surface area (Å²) in [5.41, 5.74) is 1.42. The number of carbonyl (C=O) groups is 3. The molecule has 1 saturated heterocycles. The number of hydrogen-bond acceptors (Lipinski definition) is 4. The van der Waals surface area contributed by atoms with E-state index in [1.54, 1.807) is 12.1 Å². The summed E-state index contributed by atoms with van der Waals surface area (Å²) in [7, 11) is 0. The van der Waals surface area contributed by atoms with Gasteiger partial charge in [0.25, 0.3) is 5.91 Å². The number of nitrogens with one attached hydrogen (secondary N) is 2. The van der Waals surface area contributed by atoms with Crippen LogP contribution >= 0.6 is 0 Å². The second kappa shape index (κ2) is 7.48. The molecule has 1 fully saturated rings. The van der Waals surface area contributed by atoms with Crippen LogP contribution in [-0.2, 0) is 9.53 Å². The lowest BCUT2D eigenvalue weighted by atomic mass is 10.1. The molecule has 25 heavy (non-hydrogen) atoms. The molecule has 3 rings (SSSR count). The Kier molecular flexibility index (Phi) is 4.94. The molecule has 1 aliphatic heterocycles. The number of benzene rings is 2. The Morgan fingerprint density at radius 3 is 2.28 bits per heavy atom. The van der Waals surface area contributed by atoms with Crippen LogP contribution in [0.1, 0.15) is 11.6 Å². The topological polar surface area (TPSA) is 87.7 Å². The first kappa shape index (κ1) is 16.5. The van der Waals surface area contributed by atoms with Crippen LogP contribution in [0, 0.1) is 0 Å². The van der Waals surface area contributed by atoms with Crippen LogP contribution in [0.5, 0.6) is 0 Å². The van der Waals surface area contributed by atoms with Gasteiger partial charge in [0.05, 0.1) is 12.6 Å². The molecule has 7 heteroatoms. The van der Waals surface area contributed by atoms with E-state index in [2.05, 4.69) is 10.6 Å². The van der Waals surface area contributed by atoms with Crippen molar-refractivity contribution in [1.82, 2.24) is 10.2 Å². The van der Waals surface area contributed by atoms with Gasteiger partial charge in [-0.15, -0.1) is 0 Å². The van der Waals surface area contributed by atoms with Crippen LogP contribution in [0.25, 0.3) is 0 Å². The summed E-state index contributed by atoms with van der Waals surface area (Å²) in [5, 5.41) is 5.52. The molecule has 0 radical (unpaired) electrons. The highest BCUT2D eigenvalue weighted by molar-refractivity contribution is 5.98. The van der Waals surface area contributed by atoms with Crippen LogP contribution in [0.3, 0.4) is 0 Å². The van der Waals surface area contributed by atoms with E-state index in [4.69, 9.17) is 4.74 Å². The molecule has 2 aromatic rings. The molecule has 0 bridgehead atoms. The van der Waals surface area contributed by atoms with Crippen molar-refractivity contribution in [2.45, 2.75) is 6.04 Å². The summed E-state index contributed by atoms with van der Waals surface area (Å²) in [6.07, 6.45) is -0.698. The Morgan fingerprint density at radius 2 is 1.68 bits per heavy atom. The van der Waals surface area contributed by atoms with Gasteiger partial charge in [0, 0.05) is 5.69 Å². The zero-order valence-corrected chi connectivity index (χ0v) is 13.3. The van der Waals surface area contributed by atoms with E-state index in [9.17, 15) is 14.4 Å².